The molecular formula is C12H23N3S. The molecule has 0 aliphatic heterocycles. The van der Waals surface area contributed by atoms with Gasteiger partial charge in [-0.15, -0.1) is 0 Å². The van der Waals surface area contributed by atoms with Crippen LogP contribution < -0.4 is 5.32 Å². The van der Waals surface area contributed by atoms with E-state index in [4.69, 9.17) is 0 Å². The molecule has 0 radical (unpaired) electrons. The van der Waals surface area contributed by atoms with Gasteiger partial charge in [-0.05, 0) is 25.6 Å². The van der Waals surface area contributed by atoms with Crippen LogP contribution in [0.15, 0.2) is 12.4 Å². The van der Waals surface area contributed by atoms with Crippen molar-refractivity contribution in [2.45, 2.75) is 39.3 Å². The van der Waals surface area contributed by atoms with Gasteiger partial charge in [0.2, 0.25) is 0 Å². The second-order valence-corrected chi connectivity index (χ2v) is 4.85. The smallest absolute Gasteiger partial charge is 0.126 e. The van der Waals surface area contributed by atoms with Gasteiger partial charge >= 0.3 is 0 Å². The van der Waals surface area contributed by atoms with E-state index in [1.807, 2.05) is 18.0 Å². The summed E-state index contributed by atoms with van der Waals surface area (Å²) < 4.78 is 2.27. The van der Waals surface area contributed by atoms with Gasteiger partial charge in [-0.3, -0.25) is 0 Å². The zero-order valence-corrected chi connectivity index (χ0v) is 11.4. The predicted octanol–water partition coefficient (Wildman–Crippen LogP) is 2.70. The average molecular weight is 241 g/mol. The van der Waals surface area contributed by atoms with Crippen LogP contribution in [0.3, 0.4) is 0 Å². The van der Waals surface area contributed by atoms with Gasteiger partial charge in [0, 0.05) is 24.7 Å². The lowest BCUT2D eigenvalue weighted by molar-refractivity contribution is 0.513. The summed E-state index contributed by atoms with van der Waals surface area (Å²) in [6.07, 6.45) is 8.46. The Kier molecular flexibility index (Phi) is 6.57. The lowest BCUT2D eigenvalue weighted by atomic mass is 10.3. The summed E-state index contributed by atoms with van der Waals surface area (Å²) in [5, 5.41) is 3.57. The number of aromatic nitrogens is 2. The van der Waals surface area contributed by atoms with Crippen LogP contribution in [0.2, 0.25) is 0 Å². The molecule has 4 heteroatoms. The summed E-state index contributed by atoms with van der Waals surface area (Å²) in [7, 11) is 0. The van der Waals surface area contributed by atoms with Gasteiger partial charge in [0.1, 0.15) is 5.82 Å². The number of imidazole rings is 1. The van der Waals surface area contributed by atoms with Crippen molar-refractivity contribution in [2.24, 2.45) is 0 Å². The molecule has 16 heavy (non-hydrogen) atoms. The summed E-state index contributed by atoms with van der Waals surface area (Å²) in [6, 6.07) is 0.386. The van der Waals surface area contributed by atoms with Gasteiger partial charge in [0.25, 0.3) is 0 Å². The highest BCUT2D eigenvalue weighted by Gasteiger charge is 2.15. The minimum absolute atomic E-state index is 0.386. The van der Waals surface area contributed by atoms with Crippen molar-refractivity contribution >= 4 is 11.8 Å². The van der Waals surface area contributed by atoms with E-state index in [0.29, 0.717) is 6.04 Å². The largest absolute Gasteiger partial charge is 0.334 e. The summed E-state index contributed by atoms with van der Waals surface area (Å²) in [6.45, 7) is 6.52. The quantitative estimate of drug-likeness (QED) is 0.759. The number of aryl methyl sites for hydroxylation is 1. The summed E-state index contributed by atoms with van der Waals surface area (Å²) in [5.74, 6) is 2.27. The van der Waals surface area contributed by atoms with E-state index >= 15 is 0 Å². The highest BCUT2D eigenvalue weighted by Crippen LogP contribution is 2.16. The van der Waals surface area contributed by atoms with Crippen LogP contribution in [0.1, 0.15) is 38.6 Å². The fourth-order valence-corrected chi connectivity index (χ4v) is 2.37. The Hall–Kier alpha value is -0.480. The number of thioether (sulfide) groups is 1. The highest BCUT2D eigenvalue weighted by atomic mass is 32.2. The van der Waals surface area contributed by atoms with Gasteiger partial charge in [-0.2, -0.15) is 11.8 Å². The van der Waals surface area contributed by atoms with Gasteiger partial charge in [-0.1, -0.05) is 13.8 Å². The standard InChI is InChI=1S/C12H23N3S/c1-4-6-13-11(10-16-3)12-14-7-9-15(12)8-5-2/h7,9,11,13H,4-6,8,10H2,1-3H3. The third kappa shape index (κ3) is 3.83. The van der Waals surface area contributed by atoms with Gasteiger partial charge < -0.3 is 9.88 Å². The molecule has 0 spiro atoms. The molecule has 1 heterocycles. The van der Waals surface area contributed by atoms with E-state index in [9.17, 15) is 0 Å². The molecule has 1 aromatic heterocycles. The first-order chi connectivity index (χ1) is 7.83. The van der Waals surface area contributed by atoms with E-state index in [1.165, 1.54) is 12.2 Å². The molecule has 0 bridgehead atoms. The molecular weight excluding hydrogens is 218 g/mol. The average Bonchev–Trinajstić information content (AvgIpc) is 2.73. The molecule has 1 unspecified atom stereocenters. The second-order valence-electron chi connectivity index (χ2n) is 3.94. The Morgan fingerprint density at radius 1 is 1.44 bits per heavy atom. The highest BCUT2D eigenvalue weighted by molar-refractivity contribution is 7.98. The van der Waals surface area contributed by atoms with Crippen LogP contribution in [0.5, 0.6) is 0 Å². The van der Waals surface area contributed by atoms with Crippen molar-refractivity contribution in [1.29, 1.82) is 0 Å². The molecule has 0 aliphatic rings. The lowest BCUT2D eigenvalue weighted by Crippen LogP contribution is -2.27. The van der Waals surface area contributed by atoms with E-state index < -0.39 is 0 Å². The van der Waals surface area contributed by atoms with Gasteiger partial charge in [0.05, 0.1) is 6.04 Å². The Balaban J connectivity index is 2.70. The maximum absolute atomic E-state index is 4.49. The van der Waals surface area contributed by atoms with Crippen molar-refractivity contribution in [3.63, 3.8) is 0 Å². The Labute approximate surface area is 103 Å². The molecule has 0 aliphatic carbocycles. The third-order valence-corrected chi connectivity index (χ3v) is 3.16. The van der Waals surface area contributed by atoms with Crippen LogP contribution in [0.4, 0.5) is 0 Å². The van der Waals surface area contributed by atoms with Crippen molar-refractivity contribution in [1.82, 2.24) is 14.9 Å². The summed E-state index contributed by atoms with van der Waals surface area (Å²) >= 11 is 1.87. The topological polar surface area (TPSA) is 29.9 Å². The fourth-order valence-electron chi connectivity index (χ4n) is 1.77. The number of nitrogens with one attached hydrogen (secondary N) is 1. The Morgan fingerprint density at radius 2 is 2.25 bits per heavy atom. The minimum Gasteiger partial charge on any atom is -0.334 e. The molecule has 0 fully saturated rings. The molecule has 1 atom stereocenters. The zero-order chi connectivity index (χ0) is 11.8. The first-order valence-corrected chi connectivity index (χ1v) is 7.46. The predicted molar refractivity (Wildman–Crippen MR) is 71.9 cm³/mol. The van der Waals surface area contributed by atoms with E-state index in [2.05, 4.69) is 41.2 Å². The Bertz CT molecular complexity index is 286. The van der Waals surface area contributed by atoms with Crippen LogP contribution >= 0.6 is 11.8 Å². The van der Waals surface area contributed by atoms with E-state index in [1.54, 1.807) is 0 Å². The van der Waals surface area contributed by atoms with Gasteiger partial charge in [0.15, 0.2) is 0 Å². The van der Waals surface area contributed by atoms with Crippen LogP contribution in [0.25, 0.3) is 0 Å². The van der Waals surface area contributed by atoms with Crippen molar-refractivity contribution in [2.75, 3.05) is 18.6 Å². The third-order valence-electron chi connectivity index (χ3n) is 2.50. The van der Waals surface area contributed by atoms with Crippen LogP contribution in [0, 0.1) is 0 Å². The van der Waals surface area contributed by atoms with Crippen molar-refractivity contribution < 1.29 is 0 Å². The molecule has 0 saturated carbocycles. The van der Waals surface area contributed by atoms with Crippen molar-refractivity contribution in [3.05, 3.63) is 18.2 Å². The molecule has 0 saturated heterocycles. The number of rotatable bonds is 8. The van der Waals surface area contributed by atoms with Crippen LogP contribution in [-0.4, -0.2) is 28.1 Å². The number of hydrogen-bond donors (Lipinski definition) is 1. The molecule has 0 aromatic carbocycles. The zero-order valence-electron chi connectivity index (χ0n) is 10.6. The number of hydrogen-bond acceptors (Lipinski definition) is 3. The SMILES string of the molecule is CCCNC(CSC)c1nccn1CCC. The molecule has 0 amide bonds. The second kappa shape index (κ2) is 7.74. The summed E-state index contributed by atoms with van der Waals surface area (Å²) in [4.78, 5) is 4.49. The first kappa shape index (κ1) is 13.6. The van der Waals surface area contributed by atoms with Crippen LogP contribution in [-0.2, 0) is 6.54 Å². The maximum Gasteiger partial charge on any atom is 0.126 e. The Morgan fingerprint density at radius 3 is 2.88 bits per heavy atom. The van der Waals surface area contributed by atoms with E-state index in [0.717, 1.165) is 25.3 Å². The fraction of sp³-hybridized carbons (Fsp3) is 0.750. The minimum atomic E-state index is 0.386. The van der Waals surface area contributed by atoms with Crippen molar-refractivity contribution in [3.8, 4) is 0 Å². The normalized spacial score (nSPS) is 12.9. The molecule has 1 aromatic rings. The van der Waals surface area contributed by atoms with E-state index in [-0.39, 0.29) is 0 Å². The number of nitrogens with zero attached hydrogens (tertiary/aromatic N) is 2. The first-order valence-electron chi connectivity index (χ1n) is 6.06. The monoisotopic (exact) mass is 241 g/mol. The molecule has 3 nitrogen and oxygen atoms in total. The lowest BCUT2D eigenvalue weighted by Gasteiger charge is -2.18. The maximum atomic E-state index is 4.49. The molecule has 1 rings (SSSR count). The molecule has 1 N–H and O–H groups in total. The molecule has 92 valence electrons. The summed E-state index contributed by atoms with van der Waals surface area (Å²) in [5.41, 5.74) is 0. The van der Waals surface area contributed by atoms with Gasteiger partial charge in [-0.25, -0.2) is 4.98 Å².